The van der Waals surface area contributed by atoms with Crippen LogP contribution in [0.5, 0.6) is 0 Å². The first kappa shape index (κ1) is 9.85. The third kappa shape index (κ3) is 2.35. The fourth-order valence-corrected chi connectivity index (χ4v) is 1.11. The van der Waals surface area contributed by atoms with Crippen molar-refractivity contribution in [2.75, 3.05) is 7.11 Å². The minimum Gasteiger partial charge on any atom is -0.463 e. The summed E-state index contributed by atoms with van der Waals surface area (Å²) in [6.45, 7) is 0. The van der Waals surface area contributed by atoms with Gasteiger partial charge in [0.1, 0.15) is 0 Å². The smallest absolute Gasteiger partial charge is 0.379 e. The highest BCUT2D eigenvalue weighted by Crippen LogP contribution is 2.10. The Kier molecular flexibility index (Phi) is 3.13. The fraction of sp³-hybridized carbons (Fsp3) is 0.125. The molecular weight excluding hydrogens is 238 g/mol. The molecule has 0 aliphatic heterocycles. The van der Waals surface area contributed by atoms with Crippen LogP contribution in [0.25, 0.3) is 0 Å². The Morgan fingerprint density at radius 1 is 1.46 bits per heavy atom. The summed E-state index contributed by atoms with van der Waals surface area (Å²) in [5, 5.41) is 0. The van der Waals surface area contributed by atoms with Gasteiger partial charge in [-0.15, -0.1) is 0 Å². The number of Topliss-reactive ketones (excluding diaryl/α,β-unsaturated/α-hetero) is 1. The Balaban J connectivity index is 2.95. The molecule has 13 heavy (non-hydrogen) atoms. The van der Waals surface area contributed by atoms with Crippen molar-refractivity contribution in [1.82, 2.24) is 4.98 Å². The molecular formula is C8H6BrNO3. The zero-order valence-electron chi connectivity index (χ0n) is 6.78. The summed E-state index contributed by atoms with van der Waals surface area (Å²) in [5.74, 6) is -1.59. The fourth-order valence-electron chi connectivity index (χ4n) is 0.747. The number of hydrogen-bond donors (Lipinski definition) is 0. The average Bonchev–Trinajstić information content (AvgIpc) is 2.15. The number of carbonyl (C=O) groups is 2. The summed E-state index contributed by atoms with van der Waals surface area (Å²) in [4.78, 5) is 25.7. The lowest BCUT2D eigenvalue weighted by Gasteiger charge is -1.97. The molecule has 0 saturated carbocycles. The van der Waals surface area contributed by atoms with Gasteiger partial charge in [0.15, 0.2) is 0 Å². The monoisotopic (exact) mass is 243 g/mol. The molecule has 0 bridgehead atoms. The van der Waals surface area contributed by atoms with Gasteiger partial charge in [-0.05, 0) is 22.0 Å². The van der Waals surface area contributed by atoms with Crippen molar-refractivity contribution in [2.45, 2.75) is 0 Å². The summed E-state index contributed by atoms with van der Waals surface area (Å²) < 4.78 is 4.92. The van der Waals surface area contributed by atoms with Gasteiger partial charge in [0.05, 0.1) is 7.11 Å². The maximum absolute atomic E-state index is 11.2. The van der Waals surface area contributed by atoms with E-state index in [1.165, 1.54) is 18.5 Å². The summed E-state index contributed by atoms with van der Waals surface area (Å²) in [7, 11) is 1.16. The average molecular weight is 244 g/mol. The van der Waals surface area contributed by atoms with E-state index in [2.05, 4.69) is 25.7 Å². The molecule has 4 nitrogen and oxygen atoms in total. The van der Waals surface area contributed by atoms with Crippen molar-refractivity contribution in [3.63, 3.8) is 0 Å². The number of aromatic nitrogens is 1. The molecule has 5 heteroatoms. The predicted molar refractivity (Wildman–Crippen MR) is 48.3 cm³/mol. The van der Waals surface area contributed by atoms with Crippen LogP contribution in [0.15, 0.2) is 22.9 Å². The molecule has 0 amide bonds. The van der Waals surface area contributed by atoms with Gasteiger partial charge in [-0.2, -0.15) is 0 Å². The molecule has 1 aromatic heterocycles. The van der Waals surface area contributed by atoms with E-state index in [0.717, 1.165) is 7.11 Å². The number of nitrogens with zero attached hydrogens (tertiary/aromatic N) is 1. The Bertz CT molecular complexity index is 351. The number of hydrogen-bond acceptors (Lipinski definition) is 4. The number of rotatable bonds is 2. The zero-order valence-corrected chi connectivity index (χ0v) is 8.37. The lowest BCUT2D eigenvalue weighted by Crippen LogP contribution is -2.15. The first-order valence-corrected chi connectivity index (χ1v) is 4.17. The van der Waals surface area contributed by atoms with Crippen LogP contribution in [0.3, 0.4) is 0 Å². The number of pyridine rings is 1. The van der Waals surface area contributed by atoms with Gasteiger partial charge in [0.2, 0.25) is 0 Å². The van der Waals surface area contributed by atoms with Gasteiger partial charge in [-0.3, -0.25) is 9.78 Å². The van der Waals surface area contributed by atoms with Crippen LogP contribution >= 0.6 is 15.9 Å². The summed E-state index contributed by atoms with van der Waals surface area (Å²) in [5.41, 5.74) is 0.209. The van der Waals surface area contributed by atoms with Gasteiger partial charge in [0.25, 0.3) is 5.78 Å². The SMILES string of the molecule is COC(=O)C(=O)c1cncc(Br)c1. The van der Waals surface area contributed by atoms with E-state index in [-0.39, 0.29) is 5.56 Å². The summed E-state index contributed by atoms with van der Waals surface area (Å²) in [6, 6.07) is 1.51. The third-order valence-electron chi connectivity index (χ3n) is 1.34. The van der Waals surface area contributed by atoms with Crippen LogP contribution in [0.1, 0.15) is 10.4 Å². The normalized spacial score (nSPS) is 9.38. The number of ether oxygens (including phenoxy) is 1. The van der Waals surface area contributed by atoms with Gasteiger partial charge < -0.3 is 4.74 Å². The Labute approximate surface area is 83.1 Å². The first-order chi connectivity index (χ1) is 6.15. The van der Waals surface area contributed by atoms with Gasteiger partial charge in [-0.1, -0.05) is 0 Å². The molecule has 68 valence electrons. The van der Waals surface area contributed by atoms with Gasteiger partial charge in [-0.25, -0.2) is 4.79 Å². The molecule has 0 saturated heterocycles. The maximum atomic E-state index is 11.2. The molecule has 0 radical (unpaired) electrons. The summed E-state index contributed by atoms with van der Waals surface area (Å²) >= 11 is 3.13. The van der Waals surface area contributed by atoms with Crippen molar-refractivity contribution in [2.24, 2.45) is 0 Å². The third-order valence-corrected chi connectivity index (χ3v) is 1.77. The maximum Gasteiger partial charge on any atom is 0.379 e. The number of methoxy groups -OCH3 is 1. The highest BCUT2D eigenvalue weighted by Gasteiger charge is 2.16. The second-order valence-corrected chi connectivity index (χ2v) is 3.13. The van der Waals surface area contributed by atoms with E-state index in [4.69, 9.17) is 0 Å². The minimum atomic E-state index is -0.889. The van der Waals surface area contributed by atoms with Crippen molar-refractivity contribution in [3.05, 3.63) is 28.5 Å². The van der Waals surface area contributed by atoms with Crippen molar-refractivity contribution < 1.29 is 14.3 Å². The molecule has 0 aromatic carbocycles. The molecule has 0 N–H and O–H groups in total. The van der Waals surface area contributed by atoms with Gasteiger partial charge >= 0.3 is 5.97 Å². The van der Waals surface area contributed by atoms with E-state index >= 15 is 0 Å². The largest absolute Gasteiger partial charge is 0.463 e. The summed E-state index contributed by atoms with van der Waals surface area (Å²) in [6.07, 6.45) is 2.83. The van der Waals surface area contributed by atoms with Crippen LogP contribution in [-0.2, 0) is 9.53 Å². The number of ketones is 1. The molecule has 1 aromatic rings. The Morgan fingerprint density at radius 2 is 2.15 bits per heavy atom. The molecule has 0 fully saturated rings. The second-order valence-electron chi connectivity index (χ2n) is 2.21. The molecule has 1 rings (SSSR count). The van der Waals surface area contributed by atoms with Crippen LogP contribution in [0, 0.1) is 0 Å². The lowest BCUT2D eigenvalue weighted by molar-refractivity contribution is -0.135. The second kappa shape index (κ2) is 4.13. The highest BCUT2D eigenvalue weighted by atomic mass is 79.9. The van der Waals surface area contributed by atoms with Crippen LogP contribution in [-0.4, -0.2) is 23.8 Å². The number of esters is 1. The molecule has 0 aliphatic carbocycles. The van der Waals surface area contributed by atoms with E-state index in [0.29, 0.717) is 4.47 Å². The van der Waals surface area contributed by atoms with E-state index in [1.807, 2.05) is 0 Å². The Morgan fingerprint density at radius 3 is 2.69 bits per heavy atom. The van der Waals surface area contributed by atoms with Gasteiger partial charge in [0, 0.05) is 22.4 Å². The molecule has 1 heterocycles. The standard InChI is InChI=1S/C8H6BrNO3/c1-13-8(12)7(11)5-2-6(9)4-10-3-5/h2-4H,1H3. The zero-order chi connectivity index (χ0) is 9.84. The van der Waals surface area contributed by atoms with E-state index in [9.17, 15) is 9.59 Å². The van der Waals surface area contributed by atoms with Crippen LogP contribution in [0.2, 0.25) is 0 Å². The Hall–Kier alpha value is -1.23. The number of carbonyl (C=O) groups excluding carboxylic acids is 2. The molecule has 0 aliphatic rings. The molecule has 0 unspecified atom stereocenters. The van der Waals surface area contributed by atoms with E-state index < -0.39 is 11.8 Å². The van der Waals surface area contributed by atoms with Crippen molar-refractivity contribution in [1.29, 1.82) is 0 Å². The lowest BCUT2D eigenvalue weighted by atomic mass is 10.2. The number of halogens is 1. The van der Waals surface area contributed by atoms with Crippen molar-refractivity contribution in [3.8, 4) is 0 Å². The molecule has 0 spiro atoms. The van der Waals surface area contributed by atoms with Crippen LogP contribution in [0.4, 0.5) is 0 Å². The minimum absolute atomic E-state index is 0.209. The first-order valence-electron chi connectivity index (χ1n) is 3.38. The van der Waals surface area contributed by atoms with E-state index in [1.54, 1.807) is 0 Å². The van der Waals surface area contributed by atoms with Crippen LogP contribution < -0.4 is 0 Å². The van der Waals surface area contributed by atoms with Crippen molar-refractivity contribution >= 4 is 27.7 Å². The quantitative estimate of drug-likeness (QED) is 0.445. The highest BCUT2D eigenvalue weighted by molar-refractivity contribution is 9.10. The topological polar surface area (TPSA) is 56.3 Å². The predicted octanol–water partition coefficient (Wildman–Crippen LogP) is 1.20. The molecule has 0 atom stereocenters.